The van der Waals surface area contributed by atoms with E-state index >= 15 is 0 Å². The summed E-state index contributed by atoms with van der Waals surface area (Å²) in [5.41, 5.74) is -0.419. The molecule has 1 aliphatic rings. The number of aromatic nitrogens is 4. The minimum absolute atomic E-state index is 0. The predicted molar refractivity (Wildman–Crippen MR) is 80.4 cm³/mol. The third-order valence-corrected chi connectivity index (χ3v) is 3.03. The summed E-state index contributed by atoms with van der Waals surface area (Å²) in [6, 6.07) is 10.0. The molecule has 0 unspecified atom stereocenters. The van der Waals surface area contributed by atoms with Crippen molar-refractivity contribution >= 4 is 11.2 Å². The fourth-order valence-corrected chi connectivity index (χ4v) is 2.04. The van der Waals surface area contributed by atoms with Crippen LogP contribution in [0.1, 0.15) is 11.7 Å². The van der Waals surface area contributed by atoms with Crippen molar-refractivity contribution in [2.45, 2.75) is 5.92 Å². The number of hydrogen-bond donors (Lipinski definition) is 3. The molecule has 0 spiro atoms. The van der Waals surface area contributed by atoms with Crippen molar-refractivity contribution in [1.82, 2.24) is 19.9 Å². The Kier molecular flexibility index (Phi) is 5.03. The first kappa shape index (κ1) is 15.9. The van der Waals surface area contributed by atoms with Gasteiger partial charge < -0.3 is 4.98 Å². The molecule has 2 heterocycles. The van der Waals surface area contributed by atoms with E-state index < -0.39 is 11.2 Å². The van der Waals surface area contributed by atoms with Crippen LogP contribution in [-0.2, 0) is 17.1 Å². The number of rotatable bonds is 1. The largest absolute Gasteiger partial charge is 2.00 e. The SMILES string of the molecule is O=c1[nH]c(=O)c2[nH]c(C3C=CC=C3)nc2[nH]1.[Fe+2].c1cc[cH-]c1. The van der Waals surface area contributed by atoms with Crippen LogP contribution < -0.4 is 11.2 Å². The minimum Gasteiger partial charge on any atom is -0.335 e. The van der Waals surface area contributed by atoms with Crippen LogP contribution in [0, 0.1) is 0 Å². The van der Waals surface area contributed by atoms with Gasteiger partial charge in [-0.05, 0) is 0 Å². The second-order valence-electron chi connectivity index (χ2n) is 4.51. The molecule has 0 atom stereocenters. The van der Waals surface area contributed by atoms with Crippen molar-refractivity contribution in [2.75, 3.05) is 0 Å². The summed E-state index contributed by atoms with van der Waals surface area (Å²) in [7, 11) is 0. The van der Waals surface area contributed by atoms with Crippen LogP contribution in [0.25, 0.3) is 11.2 Å². The molecule has 4 rings (SSSR count). The van der Waals surface area contributed by atoms with Crippen LogP contribution in [0.2, 0.25) is 0 Å². The molecule has 6 nitrogen and oxygen atoms in total. The molecule has 0 bridgehead atoms. The van der Waals surface area contributed by atoms with Gasteiger partial charge in [0.05, 0.1) is 5.92 Å². The third kappa shape index (κ3) is 3.39. The van der Waals surface area contributed by atoms with Crippen LogP contribution in [-0.4, -0.2) is 19.9 Å². The smallest absolute Gasteiger partial charge is 0.335 e. The van der Waals surface area contributed by atoms with Gasteiger partial charge in [0.25, 0.3) is 5.56 Å². The van der Waals surface area contributed by atoms with E-state index in [-0.39, 0.29) is 28.6 Å². The summed E-state index contributed by atoms with van der Waals surface area (Å²) in [4.78, 5) is 34.2. The van der Waals surface area contributed by atoms with E-state index in [1.807, 2.05) is 54.6 Å². The van der Waals surface area contributed by atoms with Gasteiger partial charge in [-0.2, -0.15) is 18.2 Å². The summed E-state index contributed by atoms with van der Waals surface area (Å²) >= 11 is 0. The van der Waals surface area contributed by atoms with Crippen molar-refractivity contribution in [3.63, 3.8) is 0 Å². The second kappa shape index (κ2) is 6.97. The molecule has 2 aromatic heterocycles. The minimum atomic E-state index is -0.548. The number of nitrogens with zero attached hydrogens (tertiary/aromatic N) is 1. The number of aromatic amines is 3. The Hall–Kier alpha value is -2.50. The van der Waals surface area contributed by atoms with Gasteiger partial charge in [-0.25, -0.2) is 21.9 Å². The average Bonchev–Trinajstić information content (AvgIpc) is 3.21. The van der Waals surface area contributed by atoms with E-state index in [0.29, 0.717) is 11.3 Å². The molecule has 3 N–H and O–H groups in total. The Labute approximate surface area is 135 Å². The summed E-state index contributed by atoms with van der Waals surface area (Å²) in [6.07, 6.45) is 7.71. The second-order valence-corrected chi connectivity index (χ2v) is 4.51. The van der Waals surface area contributed by atoms with Gasteiger partial charge in [0, 0.05) is 0 Å². The molecule has 3 aromatic rings. The molecule has 0 saturated heterocycles. The van der Waals surface area contributed by atoms with Crippen LogP contribution in [0.4, 0.5) is 0 Å². The first-order valence-electron chi connectivity index (χ1n) is 6.48. The molecular formula is C15H13FeN4O2+. The van der Waals surface area contributed by atoms with Gasteiger partial charge in [-0.3, -0.25) is 14.8 Å². The number of hydrogen-bond acceptors (Lipinski definition) is 3. The average molecular weight is 337 g/mol. The molecule has 0 amide bonds. The van der Waals surface area contributed by atoms with E-state index in [2.05, 4.69) is 19.9 Å². The van der Waals surface area contributed by atoms with E-state index in [0.717, 1.165) is 0 Å². The van der Waals surface area contributed by atoms with Gasteiger partial charge in [0.2, 0.25) is 0 Å². The Balaban J connectivity index is 0.000000253. The van der Waals surface area contributed by atoms with Crippen LogP contribution in [0.15, 0.2) is 64.2 Å². The van der Waals surface area contributed by atoms with Crippen molar-refractivity contribution in [3.05, 3.63) is 81.3 Å². The Morgan fingerprint density at radius 2 is 1.68 bits per heavy atom. The molecule has 22 heavy (non-hydrogen) atoms. The van der Waals surface area contributed by atoms with E-state index in [9.17, 15) is 9.59 Å². The number of H-pyrrole nitrogens is 3. The van der Waals surface area contributed by atoms with Crippen LogP contribution in [0.3, 0.4) is 0 Å². The quantitative estimate of drug-likeness (QED) is 0.464. The van der Waals surface area contributed by atoms with Gasteiger partial charge in [0.15, 0.2) is 5.65 Å². The maximum atomic E-state index is 11.4. The summed E-state index contributed by atoms with van der Waals surface area (Å²) in [5.74, 6) is 0.683. The van der Waals surface area contributed by atoms with E-state index in [1.54, 1.807) is 0 Å². The van der Waals surface area contributed by atoms with Crippen LogP contribution in [0.5, 0.6) is 0 Å². The molecule has 7 heteroatoms. The zero-order chi connectivity index (χ0) is 14.7. The fraction of sp³-hybridized carbons (Fsp3) is 0.0667. The van der Waals surface area contributed by atoms with E-state index in [4.69, 9.17) is 0 Å². The zero-order valence-corrected chi connectivity index (χ0v) is 12.5. The Morgan fingerprint density at radius 3 is 2.27 bits per heavy atom. The topological polar surface area (TPSA) is 94.4 Å². The maximum Gasteiger partial charge on any atom is 2.00 e. The predicted octanol–water partition coefficient (Wildman–Crippen LogP) is 1.55. The molecule has 1 aromatic carbocycles. The first-order valence-corrected chi connectivity index (χ1v) is 6.48. The zero-order valence-electron chi connectivity index (χ0n) is 11.4. The summed E-state index contributed by atoms with van der Waals surface area (Å²) in [5, 5.41) is 0. The molecule has 0 aliphatic heterocycles. The summed E-state index contributed by atoms with van der Waals surface area (Å²) < 4.78 is 0. The fourth-order valence-electron chi connectivity index (χ4n) is 2.04. The van der Waals surface area contributed by atoms with Gasteiger partial charge in [-0.1, -0.05) is 24.3 Å². The number of allylic oxidation sites excluding steroid dienone is 4. The molecule has 0 fully saturated rings. The molecular weight excluding hydrogens is 324 g/mol. The van der Waals surface area contributed by atoms with Crippen molar-refractivity contribution in [3.8, 4) is 0 Å². The van der Waals surface area contributed by atoms with Gasteiger partial charge in [-0.15, -0.1) is 0 Å². The normalized spacial score (nSPS) is 12.9. The van der Waals surface area contributed by atoms with Crippen molar-refractivity contribution in [2.24, 2.45) is 0 Å². The standard InChI is InChI=1S/C10H8N4O2.C5H5.Fe/c15-9-6-8(13-10(16)14-9)12-7(11-6)5-3-1-2-4-5;1-2-4-5-3-1;/h1-5H,(H3,11,12,13,14,15,16);1-5H;/q;-1;+2. The first-order chi connectivity index (χ1) is 10.2. The van der Waals surface area contributed by atoms with Crippen molar-refractivity contribution in [1.29, 1.82) is 0 Å². The van der Waals surface area contributed by atoms with Crippen molar-refractivity contribution < 1.29 is 17.1 Å². The molecule has 0 radical (unpaired) electrons. The number of fused-ring (bicyclic) bond motifs is 1. The molecule has 0 saturated carbocycles. The summed E-state index contributed by atoms with van der Waals surface area (Å²) in [6.45, 7) is 0. The maximum absolute atomic E-state index is 11.4. The third-order valence-electron chi connectivity index (χ3n) is 3.03. The van der Waals surface area contributed by atoms with Gasteiger partial charge in [0.1, 0.15) is 11.3 Å². The number of nitrogens with one attached hydrogen (secondary N) is 3. The number of imidazole rings is 1. The molecule has 1 aliphatic carbocycles. The Morgan fingerprint density at radius 1 is 1.00 bits per heavy atom. The van der Waals surface area contributed by atoms with Gasteiger partial charge >= 0.3 is 22.8 Å². The monoisotopic (exact) mass is 337 g/mol. The van der Waals surface area contributed by atoms with Crippen LogP contribution >= 0.6 is 0 Å². The van der Waals surface area contributed by atoms with E-state index in [1.165, 1.54) is 0 Å². The Bertz CT molecular complexity index is 870. The molecule has 112 valence electrons.